The summed E-state index contributed by atoms with van der Waals surface area (Å²) in [7, 11) is 0. The van der Waals surface area contributed by atoms with Crippen molar-refractivity contribution < 1.29 is 9.79 Å². The minimum absolute atomic E-state index is 0.102. The Labute approximate surface area is 163 Å². The summed E-state index contributed by atoms with van der Waals surface area (Å²) in [4.78, 5) is 18.7. The number of hydrogen-bond donors (Lipinski definition) is 2. The zero-order valence-corrected chi connectivity index (χ0v) is 16.0. The predicted molar refractivity (Wildman–Crippen MR) is 111 cm³/mol. The van der Waals surface area contributed by atoms with Gasteiger partial charge < -0.3 is 9.79 Å². The fraction of sp³-hybridized carbons (Fsp3) is 0.0455. The van der Waals surface area contributed by atoms with Crippen molar-refractivity contribution in [2.45, 2.75) is 6.16 Å². The topological polar surface area (TPSA) is 64.2 Å². The molecule has 0 bridgehead atoms. The first kappa shape index (κ1) is 19.1. The van der Waals surface area contributed by atoms with Gasteiger partial charge in [0.1, 0.15) is 0 Å². The van der Waals surface area contributed by atoms with E-state index >= 15 is 0 Å². The van der Waals surface area contributed by atoms with Gasteiger partial charge in [0, 0.05) is 17.3 Å². The molecule has 3 aromatic carbocycles. The lowest BCUT2D eigenvalue weighted by atomic mass is 10.0. The standard InChI is InChI=1S/C22H16NO2PS/c23-15-20-2-1-3-22(14-20)21-12-10-18(11-13-21)5-4-17-6-8-19(9-7-17)16-26(24,25)27/h1-3,6-14H,16H2,(H2,24,25,27). The van der Waals surface area contributed by atoms with Crippen LogP contribution in [0.5, 0.6) is 0 Å². The van der Waals surface area contributed by atoms with Crippen LogP contribution in [0.4, 0.5) is 0 Å². The average molecular weight is 389 g/mol. The van der Waals surface area contributed by atoms with Crippen LogP contribution in [0.15, 0.2) is 72.8 Å². The summed E-state index contributed by atoms with van der Waals surface area (Å²) >= 11 is 4.65. The zero-order valence-electron chi connectivity index (χ0n) is 14.3. The van der Waals surface area contributed by atoms with Gasteiger partial charge >= 0.3 is 0 Å². The van der Waals surface area contributed by atoms with E-state index in [1.54, 1.807) is 6.07 Å². The minimum Gasteiger partial charge on any atom is -0.345 e. The Bertz CT molecular complexity index is 1100. The number of nitriles is 1. The van der Waals surface area contributed by atoms with E-state index in [9.17, 15) is 9.79 Å². The van der Waals surface area contributed by atoms with Gasteiger partial charge in [-0.3, -0.25) is 0 Å². The molecule has 0 amide bonds. The van der Waals surface area contributed by atoms with Gasteiger partial charge in [0.15, 0.2) is 6.49 Å². The monoisotopic (exact) mass is 389 g/mol. The fourth-order valence-electron chi connectivity index (χ4n) is 2.59. The molecule has 0 radical (unpaired) electrons. The van der Waals surface area contributed by atoms with Crippen molar-refractivity contribution in [2.24, 2.45) is 0 Å². The van der Waals surface area contributed by atoms with Gasteiger partial charge in [0.25, 0.3) is 0 Å². The molecule has 0 fully saturated rings. The average Bonchev–Trinajstić information content (AvgIpc) is 2.67. The lowest BCUT2D eigenvalue weighted by Crippen LogP contribution is -1.86. The molecule has 27 heavy (non-hydrogen) atoms. The summed E-state index contributed by atoms with van der Waals surface area (Å²) in [6, 6.07) is 24.8. The molecule has 0 aromatic heterocycles. The molecule has 132 valence electrons. The molecule has 3 aromatic rings. The van der Waals surface area contributed by atoms with E-state index in [2.05, 4.69) is 29.7 Å². The van der Waals surface area contributed by atoms with Crippen molar-refractivity contribution in [2.75, 3.05) is 0 Å². The van der Waals surface area contributed by atoms with E-state index in [1.807, 2.05) is 66.7 Å². The van der Waals surface area contributed by atoms with E-state index in [4.69, 9.17) is 5.26 Å². The second kappa shape index (κ2) is 8.31. The number of benzene rings is 3. The van der Waals surface area contributed by atoms with Crippen molar-refractivity contribution in [3.63, 3.8) is 0 Å². The summed E-state index contributed by atoms with van der Waals surface area (Å²) in [6.07, 6.45) is 0.102. The third-order valence-electron chi connectivity index (χ3n) is 3.90. The molecule has 3 nitrogen and oxygen atoms in total. The molecule has 3 rings (SSSR count). The zero-order chi connectivity index (χ0) is 19.3. The Hall–Kier alpha value is -2.72. The third-order valence-corrected chi connectivity index (χ3v) is 5.07. The number of hydrogen-bond acceptors (Lipinski definition) is 2. The van der Waals surface area contributed by atoms with Crippen LogP contribution in [-0.2, 0) is 18.0 Å². The molecule has 0 aliphatic heterocycles. The molecule has 0 spiro atoms. The van der Waals surface area contributed by atoms with Gasteiger partial charge in [-0.15, -0.1) is 0 Å². The van der Waals surface area contributed by atoms with Crippen LogP contribution in [0.3, 0.4) is 0 Å². The first-order valence-corrected chi connectivity index (χ1v) is 11.1. The summed E-state index contributed by atoms with van der Waals surface area (Å²) in [5.74, 6) is 6.21. The maximum atomic E-state index is 9.36. The molecule has 5 heteroatoms. The molecular formula is C22H16NO2PS. The van der Waals surface area contributed by atoms with Crippen LogP contribution in [0.1, 0.15) is 22.3 Å². The SMILES string of the molecule is N#Cc1cccc(-c2ccc(C#Cc3ccc(CP(O)(O)=S)cc3)cc2)c1. The summed E-state index contributed by atoms with van der Waals surface area (Å²) in [6.45, 7) is -3.22. The van der Waals surface area contributed by atoms with Crippen LogP contribution < -0.4 is 0 Å². The van der Waals surface area contributed by atoms with E-state index in [-0.39, 0.29) is 6.16 Å². The number of rotatable bonds is 3. The maximum Gasteiger partial charge on any atom is 0.187 e. The second-order valence-electron chi connectivity index (χ2n) is 6.04. The molecule has 0 aliphatic rings. The molecule has 0 saturated carbocycles. The van der Waals surface area contributed by atoms with Crippen LogP contribution in [0.25, 0.3) is 11.1 Å². The second-order valence-corrected chi connectivity index (χ2v) is 9.44. The van der Waals surface area contributed by atoms with Crippen molar-refractivity contribution in [3.8, 4) is 29.0 Å². The van der Waals surface area contributed by atoms with Gasteiger partial charge in [-0.25, -0.2) is 0 Å². The van der Waals surface area contributed by atoms with Gasteiger partial charge in [-0.1, -0.05) is 48.2 Å². The smallest absolute Gasteiger partial charge is 0.187 e. The van der Waals surface area contributed by atoms with Gasteiger partial charge in [0.2, 0.25) is 0 Å². The van der Waals surface area contributed by atoms with Gasteiger partial charge in [-0.05, 0) is 64.9 Å². The van der Waals surface area contributed by atoms with Crippen molar-refractivity contribution in [1.29, 1.82) is 5.26 Å². The largest absolute Gasteiger partial charge is 0.345 e. The fourth-order valence-corrected chi connectivity index (χ4v) is 3.72. The van der Waals surface area contributed by atoms with E-state index in [1.165, 1.54) is 0 Å². The predicted octanol–water partition coefficient (Wildman–Crippen LogP) is 4.42. The highest BCUT2D eigenvalue weighted by molar-refractivity contribution is 8.08. The van der Waals surface area contributed by atoms with Crippen LogP contribution in [0, 0.1) is 23.2 Å². The van der Waals surface area contributed by atoms with Crippen LogP contribution >= 0.6 is 6.49 Å². The molecule has 0 aliphatic carbocycles. The molecule has 2 N–H and O–H groups in total. The lowest BCUT2D eigenvalue weighted by Gasteiger charge is -2.06. The number of nitrogens with zero attached hydrogens (tertiary/aromatic N) is 1. The molecular weight excluding hydrogens is 373 g/mol. The molecule has 0 saturated heterocycles. The Balaban J connectivity index is 1.74. The van der Waals surface area contributed by atoms with E-state index < -0.39 is 6.49 Å². The molecule has 0 unspecified atom stereocenters. The van der Waals surface area contributed by atoms with Crippen molar-refractivity contribution in [3.05, 3.63) is 95.1 Å². The first-order valence-electron chi connectivity index (χ1n) is 8.19. The maximum absolute atomic E-state index is 9.36. The van der Waals surface area contributed by atoms with Crippen LogP contribution in [-0.4, -0.2) is 9.79 Å². The van der Waals surface area contributed by atoms with Gasteiger partial charge in [0.05, 0.1) is 11.6 Å². The summed E-state index contributed by atoms with van der Waals surface area (Å²) in [5, 5.41) is 9.01. The third kappa shape index (κ3) is 5.63. The van der Waals surface area contributed by atoms with E-state index in [0.717, 1.165) is 27.8 Å². The van der Waals surface area contributed by atoms with Crippen molar-refractivity contribution in [1.82, 2.24) is 0 Å². The summed E-state index contributed by atoms with van der Waals surface area (Å²) < 4.78 is 0. The highest BCUT2D eigenvalue weighted by Crippen LogP contribution is 2.39. The molecule has 0 atom stereocenters. The molecule has 0 heterocycles. The Kier molecular flexibility index (Phi) is 5.87. The van der Waals surface area contributed by atoms with Gasteiger partial charge in [-0.2, -0.15) is 5.26 Å². The van der Waals surface area contributed by atoms with Crippen molar-refractivity contribution >= 4 is 18.3 Å². The highest BCUT2D eigenvalue weighted by Gasteiger charge is 2.08. The Morgan fingerprint density at radius 1 is 0.778 bits per heavy atom. The lowest BCUT2D eigenvalue weighted by molar-refractivity contribution is 0.477. The normalized spacial score (nSPS) is 10.6. The van der Waals surface area contributed by atoms with E-state index in [0.29, 0.717) is 5.56 Å². The highest BCUT2D eigenvalue weighted by atomic mass is 32.5. The quantitative estimate of drug-likeness (QED) is 0.514. The minimum atomic E-state index is -3.22. The Morgan fingerprint density at radius 3 is 1.93 bits per heavy atom. The summed E-state index contributed by atoms with van der Waals surface area (Å²) in [5.41, 5.74) is 5.19. The first-order chi connectivity index (χ1) is 12.9. The Morgan fingerprint density at radius 2 is 1.37 bits per heavy atom. The van der Waals surface area contributed by atoms with Crippen LogP contribution in [0.2, 0.25) is 0 Å².